The van der Waals surface area contributed by atoms with Gasteiger partial charge in [-0.25, -0.2) is 13.8 Å². The summed E-state index contributed by atoms with van der Waals surface area (Å²) in [4.78, 5) is 8.60. The Morgan fingerprint density at radius 3 is 2.42 bits per heavy atom. The standard InChI is InChI=1S/C19H18F2N4O/c1-3-26-16-10-5-4-9-15(16)23-19-22-12(2)11-17(25-19)24-18-13(20)7-6-8-14(18)21/h4-11H,3H2,1-2H3,(H2,22,23,24,25). The van der Waals surface area contributed by atoms with E-state index in [1.165, 1.54) is 18.2 Å². The minimum absolute atomic E-state index is 0.258. The molecule has 2 N–H and O–H groups in total. The molecule has 0 spiro atoms. The van der Waals surface area contributed by atoms with Crippen LogP contribution in [0.25, 0.3) is 0 Å². The quantitative estimate of drug-likeness (QED) is 0.654. The third-order valence-electron chi connectivity index (χ3n) is 3.50. The van der Waals surface area contributed by atoms with E-state index in [4.69, 9.17) is 4.74 Å². The predicted molar refractivity (Wildman–Crippen MR) is 97.3 cm³/mol. The molecule has 0 saturated heterocycles. The van der Waals surface area contributed by atoms with Crippen molar-refractivity contribution in [3.63, 3.8) is 0 Å². The van der Waals surface area contributed by atoms with Crippen molar-refractivity contribution >= 4 is 23.1 Å². The number of hydrogen-bond acceptors (Lipinski definition) is 5. The van der Waals surface area contributed by atoms with Gasteiger partial charge in [-0.1, -0.05) is 18.2 Å². The Morgan fingerprint density at radius 1 is 0.962 bits per heavy atom. The Morgan fingerprint density at radius 2 is 1.69 bits per heavy atom. The van der Waals surface area contributed by atoms with E-state index < -0.39 is 11.6 Å². The first kappa shape index (κ1) is 17.6. The van der Waals surface area contributed by atoms with Crippen LogP contribution in [0.3, 0.4) is 0 Å². The Balaban J connectivity index is 1.89. The highest BCUT2D eigenvalue weighted by Gasteiger charge is 2.11. The fourth-order valence-electron chi connectivity index (χ4n) is 2.41. The van der Waals surface area contributed by atoms with Gasteiger partial charge in [-0.05, 0) is 38.1 Å². The molecule has 0 bridgehead atoms. The molecule has 134 valence electrons. The van der Waals surface area contributed by atoms with Gasteiger partial charge in [0, 0.05) is 11.8 Å². The number of halogens is 2. The molecule has 0 atom stereocenters. The third kappa shape index (κ3) is 4.05. The lowest BCUT2D eigenvalue weighted by Crippen LogP contribution is -2.05. The largest absolute Gasteiger partial charge is 0.492 e. The summed E-state index contributed by atoms with van der Waals surface area (Å²) >= 11 is 0. The lowest BCUT2D eigenvalue weighted by Gasteiger charge is -2.13. The van der Waals surface area contributed by atoms with Crippen LogP contribution < -0.4 is 15.4 Å². The van der Waals surface area contributed by atoms with E-state index in [0.717, 1.165) is 0 Å². The molecule has 0 aliphatic heterocycles. The molecule has 0 unspecified atom stereocenters. The van der Waals surface area contributed by atoms with Gasteiger partial charge >= 0.3 is 0 Å². The molecule has 1 aromatic heterocycles. The minimum atomic E-state index is -0.697. The van der Waals surface area contributed by atoms with Crippen molar-refractivity contribution < 1.29 is 13.5 Å². The highest BCUT2D eigenvalue weighted by molar-refractivity contribution is 5.64. The summed E-state index contributed by atoms with van der Waals surface area (Å²) in [7, 11) is 0. The van der Waals surface area contributed by atoms with Crippen molar-refractivity contribution in [2.75, 3.05) is 17.2 Å². The van der Waals surface area contributed by atoms with Gasteiger partial charge in [-0.3, -0.25) is 0 Å². The first-order valence-corrected chi connectivity index (χ1v) is 8.12. The van der Waals surface area contributed by atoms with Crippen molar-refractivity contribution in [2.45, 2.75) is 13.8 Å². The second-order valence-electron chi connectivity index (χ2n) is 5.49. The molecule has 0 saturated carbocycles. The zero-order valence-electron chi connectivity index (χ0n) is 14.4. The number of anilines is 4. The van der Waals surface area contributed by atoms with Gasteiger partial charge in [0.15, 0.2) is 0 Å². The van der Waals surface area contributed by atoms with Crippen LogP contribution in [0.5, 0.6) is 5.75 Å². The van der Waals surface area contributed by atoms with Gasteiger partial charge < -0.3 is 15.4 Å². The summed E-state index contributed by atoms with van der Waals surface area (Å²) in [5.41, 5.74) is 1.07. The topological polar surface area (TPSA) is 59.1 Å². The Labute approximate surface area is 150 Å². The Hall–Kier alpha value is -3.22. The lowest BCUT2D eigenvalue weighted by atomic mass is 10.3. The van der Waals surface area contributed by atoms with Crippen LogP contribution in [0.1, 0.15) is 12.6 Å². The van der Waals surface area contributed by atoms with Crippen LogP contribution in [-0.2, 0) is 0 Å². The fraction of sp³-hybridized carbons (Fsp3) is 0.158. The lowest BCUT2D eigenvalue weighted by molar-refractivity contribution is 0.342. The summed E-state index contributed by atoms with van der Waals surface area (Å²) in [6, 6.07) is 12.6. The summed E-state index contributed by atoms with van der Waals surface area (Å²) in [6.45, 7) is 4.18. The van der Waals surface area contributed by atoms with Crippen LogP contribution in [0, 0.1) is 18.6 Å². The maximum atomic E-state index is 13.8. The molecule has 0 aliphatic rings. The minimum Gasteiger partial charge on any atom is -0.492 e. The first-order chi connectivity index (χ1) is 12.6. The number of para-hydroxylation sites is 3. The average Bonchev–Trinajstić information content (AvgIpc) is 2.60. The number of aryl methyl sites for hydroxylation is 1. The van der Waals surface area contributed by atoms with Crippen molar-refractivity contribution in [1.82, 2.24) is 9.97 Å². The molecule has 0 fully saturated rings. The number of nitrogens with zero attached hydrogens (tertiary/aromatic N) is 2. The number of benzene rings is 2. The number of nitrogens with one attached hydrogen (secondary N) is 2. The molecular formula is C19H18F2N4O. The second kappa shape index (κ2) is 7.77. The summed E-state index contributed by atoms with van der Waals surface area (Å²) in [6.07, 6.45) is 0. The van der Waals surface area contributed by atoms with Gasteiger partial charge in [0.2, 0.25) is 5.95 Å². The highest BCUT2D eigenvalue weighted by Crippen LogP contribution is 2.28. The molecule has 2 aromatic carbocycles. The van der Waals surface area contributed by atoms with E-state index in [9.17, 15) is 8.78 Å². The van der Waals surface area contributed by atoms with Gasteiger partial charge in [0.05, 0.1) is 12.3 Å². The van der Waals surface area contributed by atoms with E-state index >= 15 is 0 Å². The van der Waals surface area contributed by atoms with Crippen molar-refractivity contribution in [3.05, 3.63) is 65.9 Å². The number of hydrogen-bond donors (Lipinski definition) is 2. The SMILES string of the molecule is CCOc1ccccc1Nc1nc(C)cc(Nc2c(F)cccc2F)n1. The third-order valence-corrected chi connectivity index (χ3v) is 3.50. The predicted octanol–water partition coefficient (Wildman–Crippen LogP) is 4.95. The van der Waals surface area contributed by atoms with E-state index in [-0.39, 0.29) is 17.5 Å². The smallest absolute Gasteiger partial charge is 0.229 e. The van der Waals surface area contributed by atoms with E-state index in [2.05, 4.69) is 20.6 Å². The fourth-order valence-corrected chi connectivity index (χ4v) is 2.41. The summed E-state index contributed by atoms with van der Waals surface area (Å²) in [5, 5.41) is 5.75. The van der Waals surface area contributed by atoms with E-state index in [1.807, 2.05) is 31.2 Å². The molecule has 0 aliphatic carbocycles. The maximum Gasteiger partial charge on any atom is 0.229 e. The molecule has 3 aromatic rings. The number of ether oxygens (including phenoxy) is 1. The zero-order valence-corrected chi connectivity index (χ0v) is 14.4. The van der Waals surface area contributed by atoms with Gasteiger partial charge in [0.25, 0.3) is 0 Å². The van der Waals surface area contributed by atoms with Gasteiger partial charge in [-0.15, -0.1) is 0 Å². The highest BCUT2D eigenvalue weighted by atomic mass is 19.1. The summed E-state index contributed by atoms with van der Waals surface area (Å²) in [5.74, 6) is -0.168. The van der Waals surface area contributed by atoms with Crippen LogP contribution in [-0.4, -0.2) is 16.6 Å². The summed E-state index contributed by atoms with van der Waals surface area (Å²) < 4.78 is 33.3. The van der Waals surface area contributed by atoms with Crippen LogP contribution in [0.4, 0.5) is 31.9 Å². The Kier molecular flexibility index (Phi) is 5.26. The van der Waals surface area contributed by atoms with E-state index in [0.29, 0.717) is 23.7 Å². The molecule has 7 heteroatoms. The molecule has 0 amide bonds. The molecule has 5 nitrogen and oxygen atoms in total. The second-order valence-corrected chi connectivity index (χ2v) is 5.49. The van der Waals surface area contributed by atoms with Crippen LogP contribution in [0.15, 0.2) is 48.5 Å². The Bertz CT molecular complexity index is 898. The first-order valence-electron chi connectivity index (χ1n) is 8.12. The average molecular weight is 356 g/mol. The normalized spacial score (nSPS) is 10.5. The number of rotatable bonds is 6. The number of aromatic nitrogens is 2. The van der Waals surface area contributed by atoms with Crippen LogP contribution in [0.2, 0.25) is 0 Å². The van der Waals surface area contributed by atoms with Crippen molar-refractivity contribution in [2.24, 2.45) is 0 Å². The molecule has 1 heterocycles. The molecular weight excluding hydrogens is 338 g/mol. The van der Waals surface area contributed by atoms with Gasteiger partial charge in [-0.2, -0.15) is 4.98 Å². The zero-order chi connectivity index (χ0) is 18.5. The maximum absolute atomic E-state index is 13.8. The van der Waals surface area contributed by atoms with Crippen molar-refractivity contribution in [1.29, 1.82) is 0 Å². The van der Waals surface area contributed by atoms with Gasteiger partial charge in [0.1, 0.15) is 28.9 Å². The molecule has 3 rings (SSSR count). The van der Waals surface area contributed by atoms with E-state index in [1.54, 1.807) is 13.0 Å². The van der Waals surface area contributed by atoms with Crippen LogP contribution >= 0.6 is 0 Å². The molecule has 0 radical (unpaired) electrons. The monoisotopic (exact) mass is 356 g/mol. The van der Waals surface area contributed by atoms with Crippen molar-refractivity contribution in [3.8, 4) is 5.75 Å². The molecule has 26 heavy (non-hydrogen) atoms.